The third kappa shape index (κ3) is 1.01. The van der Waals surface area contributed by atoms with Crippen molar-refractivity contribution >= 4 is 0 Å². The summed E-state index contributed by atoms with van der Waals surface area (Å²) < 4.78 is 0. The fraction of sp³-hybridized carbons (Fsp3) is 0.867. The van der Waals surface area contributed by atoms with Gasteiger partial charge in [0.15, 0.2) is 0 Å². The molecule has 2 bridgehead atoms. The van der Waals surface area contributed by atoms with E-state index in [0.29, 0.717) is 16.7 Å². The minimum absolute atomic E-state index is 0.233. The van der Waals surface area contributed by atoms with Gasteiger partial charge < -0.3 is 5.11 Å². The van der Waals surface area contributed by atoms with Crippen molar-refractivity contribution in [3.05, 3.63) is 12.2 Å². The highest BCUT2D eigenvalue weighted by Gasteiger charge is 2.65. The van der Waals surface area contributed by atoms with Crippen molar-refractivity contribution in [3.8, 4) is 0 Å². The summed E-state index contributed by atoms with van der Waals surface area (Å²) in [5, 5.41) is 10.3. The van der Waals surface area contributed by atoms with Crippen molar-refractivity contribution in [2.24, 2.45) is 28.6 Å². The number of rotatable bonds is 0. The predicted molar refractivity (Wildman–Crippen MR) is 66.0 cm³/mol. The maximum absolute atomic E-state index is 10.3. The van der Waals surface area contributed by atoms with E-state index >= 15 is 0 Å². The third-order valence-corrected chi connectivity index (χ3v) is 6.39. The Morgan fingerprint density at radius 1 is 1.25 bits per heavy atom. The van der Waals surface area contributed by atoms with Gasteiger partial charge in [-0.2, -0.15) is 0 Å². The monoisotopic (exact) mass is 220 g/mol. The van der Waals surface area contributed by atoms with Crippen molar-refractivity contribution in [2.75, 3.05) is 0 Å². The molecule has 0 heterocycles. The van der Waals surface area contributed by atoms with Crippen LogP contribution in [0.1, 0.15) is 46.5 Å². The van der Waals surface area contributed by atoms with Crippen LogP contribution in [0.4, 0.5) is 0 Å². The molecular weight excluding hydrogens is 196 g/mol. The zero-order valence-corrected chi connectivity index (χ0v) is 10.8. The molecule has 1 nitrogen and oxygen atoms in total. The molecule has 1 N–H and O–H groups in total. The van der Waals surface area contributed by atoms with E-state index in [1.54, 1.807) is 0 Å². The molecule has 0 aromatic heterocycles. The summed E-state index contributed by atoms with van der Waals surface area (Å²) in [5.41, 5.74) is 1.92. The van der Waals surface area contributed by atoms with Gasteiger partial charge in [0, 0.05) is 0 Å². The average molecular weight is 220 g/mol. The first-order valence-electron chi connectivity index (χ1n) is 6.76. The Labute approximate surface area is 98.9 Å². The Balaban J connectivity index is 2.10. The summed E-state index contributed by atoms with van der Waals surface area (Å²) in [4.78, 5) is 0. The summed E-state index contributed by atoms with van der Waals surface area (Å²) >= 11 is 0. The van der Waals surface area contributed by atoms with Crippen LogP contribution < -0.4 is 0 Å². The minimum atomic E-state index is -0.233. The lowest BCUT2D eigenvalue weighted by atomic mass is 9.66. The first-order valence-corrected chi connectivity index (χ1v) is 6.76. The molecule has 0 aromatic rings. The first-order chi connectivity index (χ1) is 7.39. The summed E-state index contributed by atoms with van der Waals surface area (Å²) in [6.45, 7) is 11.4. The van der Waals surface area contributed by atoms with Gasteiger partial charge in [0.2, 0.25) is 0 Å². The van der Waals surface area contributed by atoms with E-state index in [1.165, 1.54) is 19.3 Å². The molecule has 0 radical (unpaired) electrons. The molecule has 3 saturated carbocycles. The van der Waals surface area contributed by atoms with E-state index < -0.39 is 0 Å². The number of hydrogen-bond donors (Lipinski definition) is 1. The second-order valence-corrected chi connectivity index (χ2v) is 7.14. The van der Waals surface area contributed by atoms with E-state index in [9.17, 15) is 5.11 Å². The number of aliphatic hydroxyl groups is 1. The van der Waals surface area contributed by atoms with Crippen molar-refractivity contribution in [2.45, 2.75) is 52.6 Å². The van der Waals surface area contributed by atoms with Crippen LogP contribution >= 0.6 is 0 Å². The second kappa shape index (κ2) is 2.93. The average Bonchev–Trinajstić information content (AvgIpc) is 2.59. The van der Waals surface area contributed by atoms with Crippen LogP contribution in [-0.4, -0.2) is 11.2 Å². The normalized spacial score (nSPS) is 54.1. The van der Waals surface area contributed by atoms with Crippen LogP contribution in [0.15, 0.2) is 12.2 Å². The highest BCUT2D eigenvalue weighted by molar-refractivity contribution is 5.26. The topological polar surface area (TPSA) is 20.2 Å². The molecule has 3 rings (SSSR count). The molecule has 0 saturated heterocycles. The zero-order valence-electron chi connectivity index (χ0n) is 10.8. The molecule has 1 spiro atoms. The summed E-state index contributed by atoms with van der Waals surface area (Å²) in [5.74, 6) is 2.17. The molecule has 3 aliphatic carbocycles. The van der Waals surface area contributed by atoms with Crippen LogP contribution in [0.3, 0.4) is 0 Å². The maximum Gasteiger partial charge on any atom is 0.0755 e. The number of aliphatic hydroxyl groups excluding tert-OH is 1. The van der Waals surface area contributed by atoms with Crippen molar-refractivity contribution in [3.63, 3.8) is 0 Å². The lowest BCUT2D eigenvalue weighted by molar-refractivity contribution is 0.0530. The standard InChI is InChI=1S/C15H24O/c1-9-5-6-13-14(3,4)11-7-15(9,13)8-12(16)10(11)2/h9,11-13,16H,2,5-8H2,1,3-4H3/t9-,11+,12+,13?,15-/m0/s1. The lowest BCUT2D eigenvalue weighted by Gasteiger charge is -2.40. The number of fused-ring (bicyclic) bond motifs is 1. The van der Waals surface area contributed by atoms with Crippen LogP contribution in [0, 0.1) is 28.6 Å². The summed E-state index contributed by atoms with van der Waals surface area (Å²) in [7, 11) is 0. The smallest absolute Gasteiger partial charge is 0.0755 e. The van der Waals surface area contributed by atoms with Gasteiger partial charge in [-0.15, -0.1) is 0 Å². The van der Waals surface area contributed by atoms with Crippen molar-refractivity contribution in [1.29, 1.82) is 0 Å². The van der Waals surface area contributed by atoms with Gasteiger partial charge in [0.1, 0.15) is 0 Å². The second-order valence-electron chi connectivity index (χ2n) is 7.14. The largest absolute Gasteiger partial charge is 0.389 e. The highest BCUT2D eigenvalue weighted by atomic mass is 16.3. The van der Waals surface area contributed by atoms with Gasteiger partial charge in [0.25, 0.3) is 0 Å². The van der Waals surface area contributed by atoms with Crippen LogP contribution in [0.25, 0.3) is 0 Å². The van der Waals surface area contributed by atoms with Gasteiger partial charge in [-0.3, -0.25) is 0 Å². The fourth-order valence-electron chi connectivity index (χ4n) is 5.44. The summed E-state index contributed by atoms with van der Waals surface area (Å²) in [6, 6.07) is 0. The Bertz CT molecular complexity index is 343. The van der Waals surface area contributed by atoms with E-state index in [4.69, 9.17) is 0 Å². The first kappa shape index (κ1) is 10.8. The fourth-order valence-corrected chi connectivity index (χ4v) is 5.44. The molecule has 90 valence electrons. The van der Waals surface area contributed by atoms with E-state index in [1.807, 2.05) is 0 Å². The van der Waals surface area contributed by atoms with Gasteiger partial charge in [-0.1, -0.05) is 27.4 Å². The zero-order chi connectivity index (χ0) is 11.7. The van der Waals surface area contributed by atoms with Crippen LogP contribution in [0.5, 0.6) is 0 Å². The molecule has 0 aromatic carbocycles. The molecule has 5 atom stereocenters. The predicted octanol–water partition coefficient (Wildman–Crippen LogP) is 3.39. The molecule has 1 heteroatoms. The molecule has 0 aliphatic heterocycles. The molecule has 3 aliphatic rings. The Kier molecular flexibility index (Phi) is 1.98. The Hall–Kier alpha value is -0.300. The summed E-state index contributed by atoms with van der Waals surface area (Å²) in [6.07, 6.45) is 4.77. The van der Waals surface area contributed by atoms with Crippen LogP contribution in [0.2, 0.25) is 0 Å². The maximum atomic E-state index is 10.3. The molecule has 1 unspecified atom stereocenters. The van der Waals surface area contributed by atoms with E-state index in [0.717, 1.165) is 23.8 Å². The number of hydrogen-bond acceptors (Lipinski definition) is 1. The van der Waals surface area contributed by atoms with Gasteiger partial charge >= 0.3 is 0 Å². The van der Waals surface area contributed by atoms with Crippen molar-refractivity contribution in [1.82, 2.24) is 0 Å². The van der Waals surface area contributed by atoms with Crippen molar-refractivity contribution < 1.29 is 5.11 Å². The minimum Gasteiger partial charge on any atom is -0.389 e. The molecule has 16 heavy (non-hydrogen) atoms. The SMILES string of the molecule is C=C1[C@H](O)C[C@]23C[C@H]1C(C)(C)C2CC[C@@H]3C. The van der Waals surface area contributed by atoms with Gasteiger partial charge in [-0.25, -0.2) is 0 Å². The van der Waals surface area contributed by atoms with Crippen LogP contribution in [-0.2, 0) is 0 Å². The molecule has 0 amide bonds. The van der Waals surface area contributed by atoms with E-state index in [2.05, 4.69) is 27.4 Å². The Morgan fingerprint density at radius 2 is 1.94 bits per heavy atom. The van der Waals surface area contributed by atoms with Gasteiger partial charge in [-0.05, 0) is 59.8 Å². The van der Waals surface area contributed by atoms with Gasteiger partial charge in [0.05, 0.1) is 6.10 Å². The molecule has 3 fully saturated rings. The quantitative estimate of drug-likeness (QED) is 0.620. The molecular formula is C15H24O. The lowest BCUT2D eigenvalue weighted by Crippen LogP contribution is -2.36. The highest BCUT2D eigenvalue weighted by Crippen LogP contribution is 2.72. The third-order valence-electron chi connectivity index (χ3n) is 6.39. The Morgan fingerprint density at radius 3 is 2.62 bits per heavy atom. The van der Waals surface area contributed by atoms with E-state index in [-0.39, 0.29) is 6.10 Å².